The standard InChI is InChI=1S/C10H20O4/c1-8(3-5-11)7-10(13)14-6-4-9(2)12/h8-9,11-12H,3-7H2,1-2H3. The molecular formula is C10H20O4. The number of carbonyl (C=O) groups excluding carboxylic acids is 1. The molecule has 0 aliphatic rings. The van der Waals surface area contributed by atoms with Crippen LogP contribution in [0.4, 0.5) is 0 Å². The van der Waals surface area contributed by atoms with Crippen molar-refractivity contribution in [1.29, 1.82) is 0 Å². The van der Waals surface area contributed by atoms with Gasteiger partial charge >= 0.3 is 5.97 Å². The maximum atomic E-state index is 11.1. The summed E-state index contributed by atoms with van der Waals surface area (Å²) in [6.45, 7) is 3.92. The van der Waals surface area contributed by atoms with Crippen LogP contribution in [0, 0.1) is 5.92 Å². The molecule has 4 nitrogen and oxygen atoms in total. The highest BCUT2D eigenvalue weighted by Crippen LogP contribution is 2.07. The molecule has 0 saturated heterocycles. The van der Waals surface area contributed by atoms with Gasteiger partial charge in [-0.05, 0) is 19.3 Å². The van der Waals surface area contributed by atoms with Gasteiger partial charge in [0.15, 0.2) is 0 Å². The van der Waals surface area contributed by atoms with Crippen molar-refractivity contribution in [3.05, 3.63) is 0 Å². The number of hydrogen-bond acceptors (Lipinski definition) is 4. The van der Waals surface area contributed by atoms with Crippen LogP contribution in [-0.2, 0) is 9.53 Å². The molecule has 0 amide bonds. The first-order chi connectivity index (χ1) is 6.56. The molecule has 0 bridgehead atoms. The molecule has 0 fully saturated rings. The minimum Gasteiger partial charge on any atom is -0.466 e. The Kier molecular flexibility index (Phi) is 7.42. The lowest BCUT2D eigenvalue weighted by molar-refractivity contribution is -0.145. The maximum absolute atomic E-state index is 11.1. The van der Waals surface area contributed by atoms with E-state index >= 15 is 0 Å². The first-order valence-corrected chi connectivity index (χ1v) is 5.00. The smallest absolute Gasteiger partial charge is 0.306 e. The van der Waals surface area contributed by atoms with Crippen LogP contribution in [0.3, 0.4) is 0 Å². The van der Waals surface area contributed by atoms with Crippen molar-refractivity contribution in [2.24, 2.45) is 5.92 Å². The number of esters is 1. The third-order valence-electron chi connectivity index (χ3n) is 1.94. The Morgan fingerprint density at radius 2 is 2.00 bits per heavy atom. The molecule has 0 rings (SSSR count). The number of aliphatic hydroxyl groups excluding tert-OH is 2. The first-order valence-electron chi connectivity index (χ1n) is 5.00. The lowest BCUT2D eigenvalue weighted by atomic mass is 10.1. The second-order valence-corrected chi connectivity index (χ2v) is 3.68. The first kappa shape index (κ1) is 13.4. The second kappa shape index (κ2) is 7.76. The molecule has 14 heavy (non-hydrogen) atoms. The van der Waals surface area contributed by atoms with E-state index in [-0.39, 0.29) is 25.1 Å². The van der Waals surface area contributed by atoms with Gasteiger partial charge in [-0.3, -0.25) is 4.79 Å². The summed E-state index contributed by atoms with van der Waals surface area (Å²) in [5.41, 5.74) is 0. The summed E-state index contributed by atoms with van der Waals surface area (Å²) in [6, 6.07) is 0. The summed E-state index contributed by atoms with van der Waals surface area (Å²) in [4.78, 5) is 11.1. The van der Waals surface area contributed by atoms with E-state index in [1.165, 1.54) is 0 Å². The predicted octanol–water partition coefficient (Wildman–Crippen LogP) is 0.709. The molecule has 4 heteroatoms. The Bertz CT molecular complexity index is 156. The fourth-order valence-electron chi connectivity index (χ4n) is 1.01. The fraction of sp³-hybridized carbons (Fsp3) is 0.900. The van der Waals surface area contributed by atoms with Gasteiger partial charge in [0.25, 0.3) is 0 Å². The zero-order chi connectivity index (χ0) is 11.0. The average molecular weight is 204 g/mol. The van der Waals surface area contributed by atoms with E-state index in [0.29, 0.717) is 19.3 Å². The number of hydrogen-bond donors (Lipinski definition) is 2. The Morgan fingerprint density at radius 1 is 1.36 bits per heavy atom. The fourth-order valence-corrected chi connectivity index (χ4v) is 1.01. The van der Waals surface area contributed by atoms with E-state index in [4.69, 9.17) is 14.9 Å². The molecule has 0 aromatic carbocycles. The molecule has 0 saturated carbocycles. The Balaban J connectivity index is 3.45. The summed E-state index contributed by atoms with van der Waals surface area (Å²) in [5.74, 6) is -0.106. The number of carbonyl (C=O) groups is 1. The summed E-state index contributed by atoms with van der Waals surface area (Å²) in [6.07, 6.45) is 0.990. The van der Waals surface area contributed by atoms with Crippen molar-refractivity contribution in [2.75, 3.05) is 13.2 Å². The molecule has 0 aliphatic heterocycles. The number of rotatable bonds is 7. The molecule has 0 heterocycles. The van der Waals surface area contributed by atoms with Gasteiger partial charge in [-0.2, -0.15) is 0 Å². The molecule has 0 aromatic heterocycles. The van der Waals surface area contributed by atoms with E-state index in [1.807, 2.05) is 6.92 Å². The van der Waals surface area contributed by atoms with Crippen molar-refractivity contribution in [1.82, 2.24) is 0 Å². The van der Waals surface area contributed by atoms with Crippen molar-refractivity contribution in [2.45, 2.75) is 39.2 Å². The van der Waals surface area contributed by atoms with Gasteiger partial charge in [0.05, 0.1) is 12.7 Å². The third-order valence-corrected chi connectivity index (χ3v) is 1.94. The molecular weight excluding hydrogens is 184 g/mol. The molecule has 2 atom stereocenters. The van der Waals surface area contributed by atoms with Crippen LogP contribution >= 0.6 is 0 Å². The van der Waals surface area contributed by atoms with Crippen molar-refractivity contribution < 1.29 is 19.7 Å². The highest BCUT2D eigenvalue weighted by atomic mass is 16.5. The van der Waals surface area contributed by atoms with Gasteiger partial charge < -0.3 is 14.9 Å². The molecule has 0 radical (unpaired) electrons. The van der Waals surface area contributed by atoms with Crippen molar-refractivity contribution in [3.8, 4) is 0 Å². The Morgan fingerprint density at radius 3 is 2.50 bits per heavy atom. The lowest BCUT2D eigenvalue weighted by Crippen LogP contribution is -2.13. The van der Waals surface area contributed by atoms with Crippen LogP contribution < -0.4 is 0 Å². The SMILES string of the molecule is CC(O)CCOC(=O)CC(C)CCO. The highest BCUT2D eigenvalue weighted by molar-refractivity contribution is 5.69. The number of ether oxygens (including phenoxy) is 1. The Hall–Kier alpha value is -0.610. The van der Waals surface area contributed by atoms with E-state index in [1.54, 1.807) is 6.92 Å². The molecule has 2 N–H and O–H groups in total. The zero-order valence-electron chi connectivity index (χ0n) is 8.90. The van der Waals surface area contributed by atoms with Gasteiger partial charge in [0.2, 0.25) is 0 Å². The van der Waals surface area contributed by atoms with Crippen molar-refractivity contribution >= 4 is 5.97 Å². The topological polar surface area (TPSA) is 66.8 Å². The monoisotopic (exact) mass is 204 g/mol. The van der Waals surface area contributed by atoms with Crippen LogP contribution in [0.15, 0.2) is 0 Å². The second-order valence-electron chi connectivity index (χ2n) is 3.68. The minimum atomic E-state index is -0.433. The summed E-state index contributed by atoms with van der Waals surface area (Å²) >= 11 is 0. The van der Waals surface area contributed by atoms with Gasteiger partial charge in [0, 0.05) is 19.4 Å². The third kappa shape index (κ3) is 8.01. The van der Waals surface area contributed by atoms with Gasteiger partial charge in [-0.25, -0.2) is 0 Å². The largest absolute Gasteiger partial charge is 0.466 e. The van der Waals surface area contributed by atoms with Crippen LogP contribution in [0.1, 0.15) is 33.1 Å². The molecule has 2 unspecified atom stereocenters. The maximum Gasteiger partial charge on any atom is 0.306 e. The number of aliphatic hydroxyl groups is 2. The summed E-state index contributed by atoms with van der Waals surface area (Å²) in [5, 5.41) is 17.5. The van der Waals surface area contributed by atoms with E-state index in [9.17, 15) is 4.79 Å². The van der Waals surface area contributed by atoms with Gasteiger partial charge in [-0.15, -0.1) is 0 Å². The van der Waals surface area contributed by atoms with Gasteiger partial charge in [0.1, 0.15) is 0 Å². The van der Waals surface area contributed by atoms with Gasteiger partial charge in [-0.1, -0.05) is 6.92 Å². The lowest BCUT2D eigenvalue weighted by Gasteiger charge is -2.10. The van der Waals surface area contributed by atoms with E-state index in [2.05, 4.69) is 0 Å². The van der Waals surface area contributed by atoms with Crippen LogP contribution in [-0.4, -0.2) is 35.5 Å². The van der Waals surface area contributed by atoms with Crippen LogP contribution in [0.25, 0.3) is 0 Å². The highest BCUT2D eigenvalue weighted by Gasteiger charge is 2.09. The summed E-state index contributed by atoms with van der Waals surface area (Å²) in [7, 11) is 0. The quantitative estimate of drug-likeness (QED) is 0.599. The average Bonchev–Trinajstić information content (AvgIpc) is 2.03. The van der Waals surface area contributed by atoms with E-state index in [0.717, 1.165) is 0 Å². The Labute approximate surface area is 84.9 Å². The minimum absolute atomic E-state index is 0.0993. The van der Waals surface area contributed by atoms with Crippen molar-refractivity contribution in [3.63, 3.8) is 0 Å². The summed E-state index contributed by atoms with van der Waals surface area (Å²) < 4.78 is 4.89. The molecule has 0 spiro atoms. The molecule has 0 aliphatic carbocycles. The predicted molar refractivity (Wildman–Crippen MR) is 52.7 cm³/mol. The van der Waals surface area contributed by atoms with Crippen LogP contribution in [0.5, 0.6) is 0 Å². The normalized spacial score (nSPS) is 14.9. The molecule has 0 aromatic rings. The zero-order valence-corrected chi connectivity index (χ0v) is 8.90. The molecule has 84 valence electrons. The van der Waals surface area contributed by atoms with Crippen LogP contribution in [0.2, 0.25) is 0 Å². The van der Waals surface area contributed by atoms with E-state index < -0.39 is 6.10 Å².